The number of urea groups is 1. The fourth-order valence-electron chi connectivity index (χ4n) is 2.15. The van der Waals surface area contributed by atoms with E-state index < -0.39 is 24.0 Å². The summed E-state index contributed by atoms with van der Waals surface area (Å²) in [5.41, 5.74) is 3.07. The Kier molecular flexibility index (Phi) is 5.86. The molecule has 0 saturated heterocycles. The summed E-state index contributed by atoms with van der Waals surface area (Å²) in [7, 11) is 0. The molecule has 2 rings (SSSR count). The average molecular weight is 358 g/mol. The molecule has 3 amide bonds. The molecule has 1 atom stereocenters. The Hall–Kier alpha value is -3.03. The van der Waals surface area contributed by atoms with Gasteiger partial charge in [-0.1, -0.05) is 0 Å². The molecule has 2 aromatic rings. The second-order valence-corrected chi connectivity index (χ2v) is 6.26. The molecule has 8 heteroatoms. The zero-order valence-corrected chi connectivity index (χ0v) is 15.4. The van der Waals surface area contributed by atoms with Crippen molar-refractivity contribution in [2.75, 3.05) is 0 Å². The number of carbonyl (C=O) groups is 3. The van der Waals surface area contributed by atoms with Crippen LogP contribution in [0.2, 0.25) is 0 Å². The van der Waals surface area contributed by atoms with Gasteiger partial charge >= 0.3 is 12.0 Å². The highest BCUT2D eigenvalue weighted by molar-refractivity contribution is 5.99. The lowest BCUT2D eigenvalue weighted by Crippen LogP contribution is -2.46. The Bertz CT molecular complexity index is 864. The van der Waals surface area contributed by atoms with E-state index in [2.05, 4.69) is 20.6 Å². The first kappa shape index (κ1) is 19.3. The topological polar surface area (TPSA) is 110 Å². The zero-order chi connectivity index (χ0) is 19.4. The zero-order valence-electron chi connectivity index (χ0n) is 15.4. The predicted molar refractivity (Wildman–Crippen MR) is 95.7 cm³/mol. The summed E-state index contributed by atoms with van der Waals surface area (Å²) in [6.07, 6.45) is -1.12. The molecular formula is C18H22N4O4. The maximum Gasteiger partial charge on any atom is 0.338 e. The highest BCUT2D eigenvalue weighted by Gasteiger charge is 2.21. The van der Waals surface area contributed by atoms with E-state index in [0.29, 0.717) is 11.0 Å². The molecule has 2 N–H and O–H groups in total. The number of nitrogens with one attached hydrogen (secondary N) is 2. The van der Waals surface area contributed by atoms with E-state index in [4.69, 9.17) is 4.74 Å². The summed E-state index contributed by atoms with van der Waals surface area (Å²) < 4.78 is 5.13. The molecule has 0 bridgehead atoms. The summed E-state index contributed by atoms with van der Waals surface area (Å²) in [6.45, 7) is 8.62. The lowest BCUT2D eigenvalue weighted by Gasteiger charge is -2.14. The normalized spacial score (nSPS) is 11.9. The molecular weight excluding hydrogens is 336 g/mol. The number of rotatable bonds is 4. The van der Waals surface area contributed by atoms with Gasteiger partial charge in [0.15, 0.2) is 6.10 Å². The van der Waals surface area contributed by atoms with Crippen molar-refractivity contribution in [3.05, 3.63) is 35.2 Å². The monoisotopic (exact) mass is 358 g/mol. The third kappa shape index (κ3) is 4.75. The number of aryl methyl sites for hydroxylation is 2. The number of fused-ring (bicyclic) bond motifs is 1. The standard InChI is InChI=1S/C18H22N4O4/c1-9(2)19-18(25)22-16(23)12(5)26-17(24)13-6-7-14-15(8-13)21-11(4)10(3)20-14/h6-9,12H,1-5H3,(H2,19,22,23,25)/t12-/m1/s1. The van der Waals surface area contributed by atoms with Gasteiger partial charge in [0.05, 0.1) is 28.0 Å². The number of hydrogen-bond acceptors (Lipinski definition) is 6. The number of carbonyl (C=O) groups excluding carboxylic acids is 3. The van der Waals surface area contributed by atoms with E-state index in [0.717, 1.165) is 11.4 Å². The molecule has 0 aliphatic rings. The minimum Gasteiger partial charge on any atom is -0.449 e. The van der Waals surface area contributed by atoms with E-state index in [1.54, 1.807) is 32.0 Å². The Balaban J connectivity index is 2.06. The van der Waals surface area contributed by atoms with Gasteiger partial charge in [-0.25, -0.2) is 19.6 Å². The van der Waals surface area contributed by atoms with Crippen LogP contribution in [0.1, 0.15) is 42.5 Å². The van der Waals surface area contributed by atoms with Gasteiger partial charge in [-0.3, -0.25) is 10.1 Å². The maximum atomic E-state index is 12.3. The van der Waals surface area contributed by atoms with Crippen molar-refractivity contribution < 1.29 is 19.1 Å². The molecule has 26 heavy (non-hydrogen) atoms. The largest absolute Gasteiger partial charge is 0.449 e. The van der Waals surface area contributed by atoms with E-state index in [1.165, 1.54) is 6.92 Å². The SMILES string of the molecule is Cc1nc2ccc(C(=O)O[C@H](C)C(=O)NC(=O)NC(C)C)cc2nc1C. The number of ether oxygens (including phenoxy) is 1. The van der Waals surface area contributed by atoms with Crippen LogP contribution < -0.4 is 10.6 Å². The predicted octanol–water partition coefficient (Wildman–Crippen LogP) is 2.03. The minimum absolute atomic E-state index is 0.119. The molecule has 0 spiro atoms. The Morgan fingerprint density at radius 1 is 1.00 bits per heavy atom. The second-order valence-electron chi connectivity index (χ2n) is 6.26. The van der Waals surface area contributed by atoms with E-state index in [9.17, 15) is 14.4 Å². The van der Waals surface area contributed by atoms with Gasteiger partial charge in [0.25, 0.3) is 5.91 Å². The molecule has 0 saturated carbocycles. The number of aromatic nitrogens is 2. The van der Waals surface area contributed by atoms with Crippen molar-refractivity contribution >= 4 is 28.9 Å². The quantitative estimate of drug-likeness (QED) is 0.809. The lowest BCUT2D eigenvalue weighted by molar-refractivity contribution is -0.127. The maximum absolute atomic E-state index is 12.3. The first-order chi connectivity index (χ1) is 12.2. The number of esters is 1. The molecule has 8 nitrogen and oxygen atoms in total. The Morgan fingerprint density at radius 2 is 1.62 bits per heavy atom. The van der Waals surface area contributed by atoms with E-state index in [1.807, 2.05) is 13.8 Å². The van der Waals surface area contributed by atoms with Crippen LogP contribution in [0.3, 0.4) is 0 Å². The molecule has 0 aliphatic heterocycles. The van der Waals surface area contributed by atoms with Gasteiger partial charge in [-0.05, 0) is 52.8 Å². The van der Waals surface area contributed by atoms with Crippen molar-refractivity contribution in [3.63, 3.8) is 0 Å². The van der Waals surface area contributed by atoms with Crippen molar-refractivity contribution in [2.45, 2.75) is 46.8 Å². The number of hydrogen-bond donors (Lipinski definition) is 2. The summed E-state index contributed by atoms with van der Waals surface area (Å²) in [4.78, 5) is 44.5. The van der Waals surface area contributed by atoms with E-state index in [-0.39, 0.29) is 11.6 Å². The van der Waals surface area contributed by atoms with Crippen LogP contribution in [0.25, 0.3) is 11.0 Å². The molecule has 0 radical (unpaired) electrons. The Morgan fingerprint density at radius 3 is 2.23 bits per heavy atom. The first-order valence-electron chi connectivity index (χ1n) is 8.24. The molecule has 0 unspecified atom stereocenters. The summed E-state index contributed by atoms with van der Waals surface area (Å²) in [5, 5.41) is 4.64. The number of benzene rings is 1. The summed E-state index contributed by atoms with van der Waals surface area (Å²) in [6, 6.07) is 4.04. The number of nitrogens with zero attached hydrogens (tertiary/aromatic N) is 2. The van der Waals surface area contributed by atoms with Crippen molar-refractivity contribution in [1.29, 1.82) is 0 Å². The second kappa shape index (κ2) is 7.90. The van der Waals surface area contributed by atoms with Crippen LogP contribution >= 0.6 is 0 Å². The molecule has 1 aromatic heterocycles. The molecule has 0 aliphatic carbocycles. The van der Waals surface area contributed by atoms with Crippen LogP contribution in [-0.2, 0) is 9.53 Å². The average Bonchev–Trinajstić information content (AvgIpc) is 2.54. The fourth-order valence-corrected chi connectivity index (χ4v) is 2.15. The van der Waals surface area contributed by atoms with Crippen molar-refractivity contribution in [1.82, 2.24) is 20.6 Å². The van der Waals surface area contributed by atoms with Gasteiger partial charge in [-0.2, -0.15) is 0 Å². The minimum atomic E-state index is -1.12. The van der Waals surface area contributed by atoms with Gasteiger partial charge in [-0.15, -0.1) is 0 Å². The Labute approximate surface area is 151 Å². The van der Waals surface area contributed by atoms with Crippen molar-refractivity contribution in [3.8, 4) is 0 Å². The number of amides is 3. The smallest absolute Gasteiger partial charge is 0.338 e. The molecule has 0 fully saturated rings. The third-order valence-corrected chi connectivity index (χ3v) is 3.62. The van der Waals surface area contributed by atoms with Gasteiger partial charge in [0.1, 0.15) is 0 Å². The van der Waals surface area contributed by atoms with Crippen molar-refractivity contribution in [2.24, 2.45) is 0 Å². The van der Waals surface area contributed by atoms with Gasteiger partial charge in [0, 0.05) is 6.04 Å². The molecule has 1 heterocycles. The lowest BCUT2D eigenvalue weighted by atomic mass is 10.2. The summed E-state index contributed by atoms with van der Waals surface area (Å²) in [5.74, 6) is -1.39. The highest BCUT2D eigenvalue weighted by Crippen LogP contribution is 2.15. The molecule has 138 valence electrons. The third-order valence-electron chi connectivity index (χ3n) is 3.62. The first-order valence-corrected chi connectivity index (χ1v) is 8.24. The van der Waals surface area contributed by atoms with Crippen LogP contribution in [0.15, 0.2) is 18.2 Å². The number of imide groups is 1. The summed E-state index contributed by atoms with van der Waals surface area (Å²) >= 11 is 0. The van der Waals surface area contributed by atoms with Crippen LogP contribution in [-0.4, -0.2) is 40.0 Å². The van der Waals surface area contributed by atoms with Crippen LogP contribution in [0.5, 0.6) is 0 Å². The van der Waals surface area contributed by atoms with Gasteiger partial charge in [0.2, 0.25) is 0 Å². The van der Waals surface area contributed by atoms with E-state index >= 15 is 0 Å². The highest BCUT2D eigenvalue weighted by atomic mass is 16.5. The van der Waals surface area contributed by atoms with Crippen LogP contribution in [0.4, 0.5) is 4.79 Å². The molecule has 1 aromatic carbocycles. The van der Waals surface area contributed by atoms with Crippen LogP contribution in [0, 0.1) is 13.8 Å². The fraction of sp³-hybridized carbons (Fsp3) is 0.389. The van der Waals surface area contributed by atoms with Gasteiger partial charge < -0.3 is 10.1 Å².